The van der Waals surface area contributed by atoms with Crippen LogP contribution >= 0.6 is 0 Å². The van der Waals surface area contributed by atoms with Crippen molar-refractivity contribution in [3.05, 3.63) is 70.9 Å². The van der Waals surface area contributed by atoms with E-state index in [1.807, 2.05) is 56.3 Å². The second-order valence-electron chi connectivity index (χ2n) is 10.6. The minimum absolute atomic E-state index is 0.0888. The van der Waals surface area contributed by atoms with Gasteiger partial charge in [-0.2, -0.15) is 0 Å². The number of benzene rings is 2. The van der Waals surface area contributed by atoms with Crippen LogP contribution in [0.2, 0.25) is 0 Å². The van der Waals surface area contributed by atoms with Crippen molar-refractivity contribution in [1.29, 1.82) is 0 Å². The van der Waals surface area contributed by atoms with Crippen molar-refractivity contribution in [3.8, 4) is 0 Å². The van der Waals surface area contributed by atoms with Crippen molar-refractivity contribution in [2.45, 2.75) is 71.0 Å². The van der Waals surface area contributed by atoms with E-state index in [1.54, 1.807) is 4.90 Å². The first-order valence-electron chi connectivity index (χ1n) is 13.5. The quantitative estimate of drug-likeness (QED) is 0.378. The number of carbonyl (C=O) groups excluding carboxylic acids is 3. The average Bonchev–Trinajstić information content (AvgIpc) is 3.42. The van der Waals surface area contributed by atoms with Gasteiger partial charge in [-0.3, -0.25) is 14.4 Å². The molecule has 1 aromatic heterocycles. The number of amides is 3. The van der Waals surface area contributed by atoms with Crippen LogP contribution in [-0.4, -0.2) is 46.2 Å². The second kappa shape index (κ2) is 10.4. The summed E-state index contributed by atoms with van der Waals surface area (Å²) in [7, 11) is 0. The maximum atomic E-state index is 13.8. The molecule has 3 amide bonds. The van der Waals surface area contributed by atoms with Gasteiger partial charge in [0.1, 0.15) is 12.1 Å². The highest BCUT2D eigenvalue weighted by Gasteiger charge is 2.49. The number of carbonyl (C=O) groups is 3. The maximum absolute atomic E-state index is 13.8. The van der Waals surface area contributed by atoms with Crippen molar-refractivity contribution in [1.82, 2.24) is 20.5 Å². The molecule has 3 heterocycles. The molecule has 7 heteroatoms. The molecule has 2 aromatic carbocycles. The molecule has 0 spiro atoms. The number of para-hydroxylation sites is 1. The van der Waals surface area contributed by atoms with Crippen LogP contribution in [0.15, 0.2) is 48.5 Å². The number of hydrogen-bond donors (Lipinski definition) is 3. The molecule has 194 valence electrons. The summed E-state index contributed by atoms with van der Waals surface area (Å²) in [4.78, 5) is 45.7. The fourth-order valence-corrected chi connectivity index (χ4v) is 5.80. The summed E-state index contributed by atoms with van der Waals surface area (Å²) in [5, 5.41) is 7.08. The van der Waals surface area contributed by atoms with E-state index in [1.165, 1.54) is 0 Å². The first kappa shape index (κ1) is 25.1. The Labute approximate surface area is 218 Å². The average molecular weight is 501 g/mol. The Hall–Kier alpha value is -3.61. The predicted molar refractivity (Wildman–Crippen MR) is 144 cm³/mol. The van der Waals surface area contributed by atoms with Crippen molar-refractivity contribution < 1.29 is 14.4 Å². The smallest absolute Gasteiger partial charge is 0.255 e. The maximum Gasteiger partial charge on any atom is 0.255 e. The van der Waals surface area contributed by atoms with Gasteiger partial charge in [0.25, 0.3) is 5.91 Å². The molecule has 3 N–H and O–H groups in total. The topological polar surface area (TPSA) is 94.3 Å². The fraction of sp³-hybridized carbons (Fsp3) is 0.433. The second-order valence-corrected chi connectivity index (χ2v) is 10.6. The van der Waals surface area contributed by atoms with Crippen LogP contribution in [-0.2, 0) is 16.0 Å². The molecule has 0 radical (unpaired) electrons. The largest absolute Gasteiger partial charge is 0.356 e. The summed E-state index contributed by atoms with van der Waals surface area (Å²) in [6, 6.07) is 13.9. The summed E-state index contributed by atoms with van der Waals surface area (Å²) in [5.41, 5.74) is 4.55. The Morgan fingerprint density at radius 3 is 2.59 bits per heavy atom. The number of hydrogen-bond acceptors (Lipinski definition) is 3. The van der Waals surface area contributed by atoms with E-state index in [9.17, 15) is 14.4 Å². The van der Waals surface area contributed by atoms with Gasteiger partial charge < -0.3 is 20.5 Å². The van der Waals surface area contributed by atoms with Crippen molar-refractivity contribution in [3.63, 3.8) is 0 Å². The lowest BCUT2D eigenvalue weighted by molar-refractivity contribution is -0.132. The van der Waals surface area contributed by atoms with Crippen LogP contribution in [0, 0.1) is 5.92 Å². The first-order chi connectivity index (χ1) is 17.9. The summed E-state index contributed by atoms with van der Waals surface area (Å²) < 4.78 is 0. The molecule has 0 saturated heterocycles. The summed E-state index contributed by atoms with van der Waals surface area (Å²) >= 11 is 0. The third-order valence-electron chi connectivity index (χ3n) is 7.73. The molecule has 37 heavy (non-hydrogen) atoms. The van der Waals surface area contributed by atoms with Gasteiger partial charge in [0.15, 0.2) is 0 Å². The molecule has 0 aliphatic carbocycles. The van der Waals surface area contributed by atoms with Crippen molar-refractivity contribution in [2.75, 3.05) is 6.54 Å². The molecule has 2 aliphatic rings. The summed E-state index contributed by atoms with van der Waals surface area (Å²) in [6.45, 7) is 6.61. The number of nitrogens with zero attached hydrogens (tertiary/aromatic N) is 1. The lowest BCUT2D eigenvalue weighted by atomic mass is 9.89. The molecule has 3 atom stereocenters. The highest BCUT2D eigenvalue weighted by molar-refractivity contribution is 6.04. The van der Waals surface area contributed by atoms with Gasteiger partial charge in [-0.25, -0.2) is 0 Å². The van der Waals surface area contributed by atoms with Crippen LogP contribution in [0.4, 0.5) is 0 Å². The van der Waals surface area contributed by atoms with E-state index in [4.69, 9.17) is 0 Å². The monoisotopic (exact) mass is 500 g/mol. The molecule has 0 fully saturated rings. The normalized spacial score (nSPS) is 18.9. The number of aromatic amines is 1. The SMILES string of the molecule is CCCCCCNC(=O)[C@H](NC(=O)[C@@H]1Cc2c([nH]c3ccccc23)[C@@H]2c3ccccc3C(=O)N21)C(C)C. The van der Waals surface area contributed by atoms with E-state index in [-0.39, 0.29) is 29.7 Å². The first-order valence-corrected chi connectivity index (χ1v) is 13.5. The minimum atomic E-state index is -0.713. The highest BCUT2D eigenvalue weighted by Crippen LogP contribution is 2.46. The van der Waals surface area contributed by atoms with Crippen LogP contribution in [0.3, 0.4) is 0 Å². The molecule has 7 nitrogen and oxygen atoms in total. The van der Waals surface area contributed by atoms with Crippen molar-refractivity contribution in [2.24, 2.45) is 5.92 Å². The van der Waals surface area contributed by atoms with Gasteiger partial charge in [0.2, 0.25) is 11.8 Å². The van der Waals surface area contributed by atoms with Gasteiger partial charge in [-0.15, -0.1) is 0 Å². The van der Waals surface area contributed by atoms with Gasteiger partial charge >= 0.3 is 0 Å². The number of aromatic nitrogens is 1. The standard InChI is InChI=1S/C30H36N4O3/c1-4-5-6-11-16-31-29(36)25(18(2)3)33-28(35)24-17-22-19-12-9-10-15-23(19)32-26(22)27-20-13-7-8-14-21(20)30(37)34(24)27/h7-10,12-15,18,24-25,27,32H,4-6,11,16-17H2,1-3H3,(H,31,36)(H,33,35)/t24-,25+,27-/m0/s1. The molecular weight excluding hydrogens is 464 g/mol. The number of rotatable bonds is 9. The van der Waals surface area contributed by atoms with Crippen LogP contribution in [0.5, 0.6) is 0 Å². The van der Waals surface area contributed by atoms with E-state index >= 15 is 0 Å². The van der Waals surface area contributed by atoms with Gasteiger partial charge in [-0.1, -0.05) is 76.4 Å². The summed E-state index contributed by atoms with van der Waals surface area (Å²) in [5.74, 6) is -0.696. The third kappa shape index (κ3) is 4.52. The molecule has 2 aliphatic heterocycles. The fourth-order valence-electron chi connectivity index (χ4n) is 5.80. The van der Waals surface area contributed by atoms with Crippen LogP contribution < -0.4 is 10.6 Å². The molecule has 3 aromatic rings. The Bertz CT molecular complexity index is 1330. The highest BCUT2D eigenvalue weighted by atomic mass is 16.2. The molecule has 0 saturated carbocycles. The molecule has 0 unspecified atom stereocenters. The number of nitrogens with one attached hydrogen (secondary N) is 3. The zero-order valence-electron chi connectivity index (χ0n) is 21.8. The number of fused-ring (bicyclic) bond motifs is 7. The van der Waals surface area contributed by atoms with Gasteiger partial charge in [0, 0.05) is 35.1 Å². The third-order valence-corrected chi connectivity index (χ3v) is 7.73. The molecular formula is C30H36N4O3. The van der Waals surface area contributed by atoms with Crippen LogP contribution in [0.1, 0.15) is 79.7 Å². The minimum Gasteiger partial charge on any atom is -0.356 e. The zero-order chi connectivity index (χ0) is 26.1. The number of H-pyrrole nitrogens is 1. The van der Waals surface area contributed by atoms with Crippen molar-refractivity contribution >= 4 is 28.6 Å². The van der Waals surface area contributed by atoms with Gasteiger partial charge in [0.05, 0.1) is 6.04 Å². The summed E-state index contributed by atoms with van der Waals surface area (Å²) in [6.07, 6.45) is 4.67. The molecule has 0 bridgehead atoms. The molecule has 5 rings (SSSR count). The van der Waals surface area contributed by atoms with Gasteiger partial charge in [-0.05, 0) is 35.6 Å². The van der Waals surface area contributed by atoms with Crippen LogP contribution in [0.25, 0.3) is 10.9 Å². The van der Waals surface area contributed by atoms with E-state index in [0.717, 1.165) is 53.4 Å². The Morgan fingerprint density at radius 1 is 1.05 bits per heavy atom. The van der Waals surface area contributed by atoms with E-state index in [0.29, 0.717) is 18.5 Å². The van der Waals surface area contributed by atoms with E-state index < -0.39 is 12.1 Å². The lowest BCUT2D eigenvalue weighted by Crippen LogP contribution is -2.57. The lowest BCUT2D eigenvalue weighted by Gasteiger charge is -2.38. The predicted octanol–water partition coefficient (Wildman–Crippen LogP) is 4.48. The number of unbranched alkanes of at least 4 members (excludes halogenated alkanes) is 3. The van der Waals surface area contributed by atoms with E-state index in [2.05, 4.69) is 28.6 Å². The zero-order valence-corrected chi connectivity index (χ0v) is 21.8. The Balaban J connectivity index is 1.44. The Kier molecular flexibility index (Phi) is 7.04. The Morgan fingerprint density at radius 2 is 1.81 bits per heavy atom.